The predicted molar refractivity (Wildman–Crippen MR) is 118 cm³/mol. The highest BCUT2D eigenvalue weighted by Crippen LogP contribution is 2.37. The van der Waals surface area contributed by atoms with Crippen LogP contribution in [0.25, 0.3) is 5.57 Å². The van der Waals surface area contributed by atoms with Gasteiger partial charge in [-0.2, -0.15) is 0 Å². The molecule has 0 N–H and O–H groups in total. The van der Waals surface area contributed by atoms with E-state index in [4.69, 9.17) is 4.74 Å². The van der Waals surface area contributed by atoms with Crippen molar-refractivity contribution in [2.45, 2.75) is 19.6 Å². The molecule has 0 aromatic heterocycles. The summed E-state index contributed by atoms with van der Waals surface area (Å²) in [6.45, 7) is 8.68. The number of ether oxygens (including phenoxy) is 1. The summed E-state index contributed by atoms with van der Waals surface area (Å²) < 4.78 is 5.73. The lowest BCUT2D eigenvalue weighted by atomic mass is 10.1. The molecule has 0 spiro atoms. The van der Waals surface area contributed by atoms with Gasteiger partial charge in [-0.3, -0.25) is 14.5 Å². The maximum Gasteiger partial charge on any atom is 0.268 e. The zero-order valence-electron chi connectivity index (χ0n) is 16.8. The minimum absolute atomic E-state index is 0.201. The van der Waals surface area contributed by atoms with Crippen LogP contribution >= 0.6 is 11.8 Å². The number of carbonyl (C=O) groups excluding carboxylic acids is 2. The third-order valence-corrected chi connectivity index (χ3v) is 5.53. The number of hydrogen-bond donors (Lipinski definition) is 0. The van der Waals surface area contributed by atoms with Gasteiger partial charge in [0, 0.05) is 12.3 Å². The molecule has 1 aliphatic rings. The number of imide groups is 1. The minimum atomic E-state index is -0.277. The van der Waals surface area contributed by atoms with E-state index in [2.05, 4.69) is 20.4 Å². The molecule has 0 atom stereocenters. The Bertz CT molecular complexity index is 917. The molecular formula is C24H25NO3S. The number of benzene rings is 2. The first-order chi connectivity index (χ1) is 14.0. The SMILES string of the molecule is C=CCN1C(=O)C(SCc2ccccc2)=C(c2ccc(OCC(C)C)cc2)C1=O. The minimum Gasteiger partial charge on any atom is -0.493 e. The Morgan fingerprint density at radius 2 is 1.72 bits per heavy atom. The molecule has 4 nitrogen and oxygen atoms in total. The van der Waals surface area contributed by atoms with Crippen molar-refractivity contribution in [3.63, 3.8) is 0 Å². The van der Waals surface area contributed by atoms with Crippen molar-refractivity contribution >= 4 is 29.1 Å². The summed E-state index contributed by atoms with van der Waals surface area (Å²) in [6, 6.07) is 17.3. The second-order valence-electron chi connectivity index (χ2n) is 7.22. The monoisotopic (exact) mass is 407 g/mol. The molecule has 2 aromatic rings. The van der Waals surface area contributed by atoms with E-state index < -0.39 is 0 Å². The summed E-state index contributed by atoms with van der Waals surface area (Å²) in [7, 11) is 0. The average Bonchev–Trinajstić information content (AvgIpc) is 2.96. The molecule has 2 aromatic carbocycles. The van der Waals surface area contributed by atoms with Gasteiger partial charge >= 0.3 is 0 Å². The standard InChI is InChI=1S/C24H25NO3S/c1-4-14-25-23(26)21(19-10-12-20(13-11-19)28-15-17(2)3)22(24(25)27)29-16-18-8-6-5-7-9-18/h4-13,17H,1,14-16H2,2-3H3. The topological polar surface area (TPSA) is 46.6 Å². The van der Waals surface area contributed by atoms with E-state index in [0.29, 0.717) is 28.8 Å². The van der Waals surface area contributed by atoms with Crippen molar-refractivity contribution < 1.29 is 14.3 Å². The number of nitrogens with zero attached hydrogens (tertiary/aromatic N) is 1. The van der Waals surface area contributed by atoms with Gasteiger partial charge in [-0.25, -0.2) is 0 Å². The van der Waals surface area contributed by atoms with Crippen LogP contribution in [0.15, 0.2) is 72.2 Å². The van der Waals surface area contributed by atoms with Crippen LogP contribution in [0.2, 0.25) is 0 Å². The number of hydrogen-bond acceptors (Lipinski definition) is 4. The third-order valence-electron chi connectivity index (χ3n) is 4.39. The zero-order chi connectivity index (χ0) is 20.8. The maximum absolute atomic E-state index is 13.0. The Balaban J connectivity index is 1.88. The van der Waals surface area contributed by atoms with Crippen LogP contribution in [0, 0.1) is 5.92 Å². The van der Waals surface area contributed by atoms with E-state index in [0.717, 1.165) is 16.9 Å². The molecular weight excluding hydrogens is 382 g/mol. The van der Waals surface area contributed by atoms with E-state index in [-0.39, 0.29) is 18.4 Å². The van der Waals surface area contributed by atoms with Crippen LogP contribution in [-0.2, 0) is 15.3 Å². The number of rotatable bonds is 9. The molecule has 0 radical (unpaired) electrons. The van der Waals surface area contributed by atoms with Gasteiger partial charge in [-0.05, 0) is 29.2 Å². The molecule has 0 fully saturated rings. The fourth-order valence-electron chi connectivity index (χ4n) is 2.95. The summed E-state index contributed by atoms with van der Waals surface area (Å²) in [6.07, 6.45) is 1.57. The Morgan fingerprint density at radius 3 is 2.34 bits per heavy atom. The first-order valence-electron chi connectivity index (χ1n) is 9.62. The molecule has 0 bridgehead atoms. The normalized spacial score (nSPS) is 14.1. The van der Waals surface area contributed by atoms with Crippen LogP contribution in [0.5, 0.6) is 5.75 Å². The van der Waals surface area contributed by atoms with Crippen LogP contribution in [0.4, 0.5) is 0 Å². The average molecular weight is 408 g/mol. The smallest absolute Gasteiger partial charge is 0.268 e. The highest BCUT2D eigenvalue weighted by atomic mass is 32.2. The van der Waals surface area contributed by atoms with Gasteiger partial charge < -0.3 is 4.74 Å². The van der Waals surface area contributed by atoms with Crippen LogP contribution in [-0.4, -0.2) is 29.9 Å². The lowest BCUT2D eigenvalue weighted by Crippen LogP contribution is -2.31. The van der Waals surface area contributed by atoms with Gasteiger partial charge in [0.1, 0.15) is 5.75 Å². The van der Waals surface area contributed by atoms with E-state index in [9.17, 15) is 9.59 Å². The largest absolute Gasteiger partial charge is 0.493 e. The molecule has 0 aliphatic carbocycles. The highest BCUT2D eigenvalue weighted by molar-refractivity contribution is 8.03. The second kappa shape index (κ2) is 9.61. The Hall–Kier alpha value is -2.79. The summed E-state index contributed by atoms with van der Waals surface area (Å²) in [4.78, 5) is 27.6. The van der Waals surface area contributed by atoms with Crippen LogP contribution in [0.1, 0.15) is 25.0 Å². The molecule has 150 valence electrons. The van der Waals surface area contributed by atoms with Crippen LogP contribution in [0.3, 0.4) is 0 Å². The molecule has 0 saturated carbocycles. The molecule has 1 aliphatic heterocycles. The Kier molecular flexibility index (Phi) is 6.94. The van der Waals surface area contributed by atoms with Crippen molar-refractivity contribution in [3.8, 4) is 5.75 Å². The van der Waals surface area contributed by atoms with Crippen molar-refractivity contribution in [2.75, 3.05) is 13.2 Å². The highest BCUT2D eigenvalue weighted by Gasteiger charge is 2.38. The third kappa shape index (κ3) is 4.98. The Morgan fingerprint density at radius 1 is 1.03 bits per heavy atom. The van der Waals surface area contributed by atoms with Crippen molar-refractivity contribution in [3.05, 3.63) is 83.3 Å². The first kappa shape index (κ1) is 20.9. The van der Waals surface area contributed by atoms with Gasteiger partial charge in [-0.1, -0.05) is 62.4 Å². The van der Waals surface area contributed by atoms with Gasteiger partial charge in [0.25, 0.3) is 11.8 Å². The van der Waals surface area contributed by atoms with Gasteiger partial charge in [-0.15, -0.1) is 18.3 Å². The fraction of sp³-hybridized carbons (Fsp3) is 0.250. The van der Waals surface area contributed by atoms with Crippen molar-refractivity contribution in [1.29, 1.82) is 0 Å². The lowest BCUT2D eigenvalue weighted by molar-refractivity contribution is -0.135. The van der Waals surface area contributed by atoms with E-state index >= 15 is 0 Å². The summed E-state index contributed by atoms with van der Waals surface area (Å²) >= 11 is 1.40. The molecule has 29 heavy (non-hydrogen) atoms. The Labute approximate surface area is 176 Å². The molecule has 0 unspecified atom stereocenters. The van der Waals surface area contributed by atoms with Crippen molar-refractivity contribution in [1.82, 2.24) is 4.90 Å². The van der Waals surface area contributed by atoms with Gasteiger partial charge in [0.2, 0.25) is 0 Å². The second-order valence-corrected chi connectivity index (χ2v) is 8.20. The molecule has 2 amide bonds. The quantitative estimate of drug-likeness (QED) is 0.437. The molecule has 1 heterocycles. The number of carbonyl (C=O) groups is 2. The predicted octanol–water partition coefficient (Wildman–Crippen LogP) is 4.92. The first-order valence-corrected chi connectivity index (χ1v) is 10.6. The number of amides is 2. The van der Waals surface area contributed by atoms with Crippen LogP contribution < -0.4 is 4.74 Å². The zero-order valence-corrected chi connectivity index (χ0v) is 17.6. The molecule has 5 heteroatoms. The summed E-state index contributed by atoms with van der Waals surface area (Å²) in [5.41, 5.74) is 2.28. The van der Waals surface area contributed by atoms with E-state index in [1.165, 1.54) is 16.7 Å². The van der Waals surface area contributed by atoms with Crippen molar-refractivity contribution in [2.24, 2.45) is 5.92 Å². The summed E-state index contributed by atoms with van der Waals surface area (Å²) in [5.74, 6) is 1.27. The van der Waals surface area contributed by atoms with Gasteiger partial charge in [0.05, 0.1) is 17.1 Å². The van der Waals surface area contributed by atoms with E-state index in [1.54, 1.807) is 6.08 Å². The summed E-state index contributed by atoms with van der Waals surface area (Å²) in [5, 5.41) is 0. The van der Waals surface area contributed by atoms with E-state index in [1.807, 2.05) is 54.6 Å². The molecule has 0 saturated heterocycles. The fourth-order valence-corrected chi connectivity index (χ4v) is 4.03. The molecule has 3 rings (SSSR count). The number of thioether (sulfide) groups is 1. The van der Waals surface area contributed by atoms with Gasteiger partial charge in [0.15, 0.2) is 0 Å². The maximum atomic E-state index is 13.0. The lowest BCUT2D eigenvalue weighted by Gasteiger charge is -2.12.